The van der Waals surface area contributed by atoms with Crippen LogP contribution in [0.2, 0.25) is 0 Å². The number of anilines is 1. The minimum absolute atomic E-state index is 0.723. The van der Waals surface area contributed by atoms with Gasteiger partial charge in [-0.15, -0.1) is 0 Å². The molecule has 0 bridgehead atoms. The van der Waals surface area contributed by atoms with E-state index < -0.39 is 0 Å². The van der Waals surface area contributed by atoms with Crippen molar-refractivity contribution in [3.8, 4) is 5.75 Å². The topological polar surface area (TPSA) is 21.3 Å². The van der Waals surface area contributed by atoms with Crippen molar-refractivity contribution in [2.45, 2.75) is 20.3 Å². The number of ether oxygens (including phenoxy) is 1. The second-order valence-corrected chi connectivity index (χ2v) is 5.66. The summed E-state index contributed by atoms with van der Waals surface area (Å²) < 4.78 is 6.96. The van der Waals surface area contributed by atoms with Crippen molar-refractivity contribution in [1.29, 1.82) is 0 Å². The van der Waals surface area contributed by atoms with Gasteiger partial charge in [0.2, 0.25) is 0 Å². The molecule has 106 valence electrons. The van der Waals surface area contributed by atoms with E-state index in [-0.39, 0.29) is 0 Å². The highest BCUT2D eigenvalue weighted by molar-refractivity contribution is 9.10. The molecule has 0 aromatic heterocycles. The van der Waals surface area contributed by atoms with E-state index in [0.29, 0.717) is 0 Å². The molecule has 3 heteroatoms. The van der Waals surface area contributed by atoms with Gasteiger partial charge in [-0.3, -0.25) is 0 Å². The first-order chi connectivity index (χ1) is 9.66. The summed E-state index contributed by atoms with van der Waals surface area (Å²) in [4.78, 5) is 0. The van der Waals surface area contributed by atoms with Crippen LogP contribution in [0.3, 0.4) is 0 Å². The first kappa shape index (κ1) is 14.9. The minimum Gasteiger partial charge on any atom is -0.494 e. The summed E-state index contributed by atoms with van der Waals surface area (Å²) in [6, 6.07) is 14.4. The Morgan fingerprint density at radius 1 is 1.05 bits per heavy atom. The van der Waals surface area contributed by atoms with Gasteiger partial charge in [0.05, 0.1) is 6.61 Å². The molecule has 0 saturated heterocycles. The van der Waals surface area contributed by atoms with Crippen LogP contribution < -0.4 is 10.1 Å². The molecule has 2 aromatic carbocycles. The molecule has 2 aromatic rings. The zero-order chi connectivity index (χ0) is 14.4. The third-order valence-electron chi connectivity index (χ3n) is 3.10. The minimum atomic E-state index is 0.723. The highest BCUT2D eigenvalue weighted by Gasteiger charge is 2.02. The van der Waals surface area contributed by atoms with Gasteiger partial charge in [0.15, 0.2) is 0 Å². The molecule has 0 amide bonds. The number of hydrogen-bond donors (Lipinski definition) is 1. The third kappa shape index (κ3) is 4.27. The van der Waals surface area contributed by atoms with Crippen molar-refractivity contribution in [1.82, 2.24) is 0 Å². The van der Waals surface area contributed by atoms with Crippen LogP contribution in [0.5, 0.6) is 5.75 Å². The first-order valence-corrected chi connectivity index (χ1v) is 7.64. The molecule has 0 heterocycles. The summed E-state index contributed by atoms with van der Waals surface area (Å²) in [5.74, 6) is 0.947. The second-order valence-electron chi connectivity index (χ2n) is 4.87. The summed E-state index contributed by atoms with van der Waals surface area (Å²) in [6.07, 6.45) is 0.975. The molecule has 1 N–H and O–H groups in total. The average molecular weight is 334 g/mol. The Balaban J connectivity index is 1.74. The van der Waals surface area contributed by atoms with Gasteiger partial charge in [0.25, 0.3) is 0 Å². The van der Waals surface area contributed by atoms with Crippen LogP contribution in [0.1, 0.15) is 17.5 Å². The van der Waals surface area contributed by atoms with Gasteiger partial charge < -0.3 is 10.1 Å². The van der Waals surface area contributed by atoms with E-state index in [1.807, 2.05) is 18.2 Å². The summed E-state index contributed by atoms with van der Waals surface area (Å²) in [5.41, 5.74) is 3.58. The maximum atomic E-state index is 5.80. The Hall–Kier alpha value is -1.48. The first-order valence-electron chi connectivity index (χ1n) is 6.85. The molecule has 0 unspecified atom stereocenters. The Kier molecular flexibility index (Phi) is 5.48. The molecule has 0 saturated carbocycles. The molecule has 0 radical (unpaired) electrons. The molecule has 0 atom stereocenters. The molecular formula is C17H20BrNO. The van der Waals surface area contributed by atoms with E-state index in [1.54, 1.807) is 0 Å². The molecular weight excluding hydrogens is 314 g/mol. The lowest BCUT2D eigenvalue weighted by molar-refractivity contribution is 0.314. The van der Waals surface area contributed by atoms with Crippen LogP contribution in [0, 0.1) is 13.8 Å². The molecule has 2 nitrogen and oxygen atoms in total. The number of aryl methyl sites for hydroxylation is 2. The van der Waals surface area contributed by atoms with Gasteiger partial charge in [-0.05, 0) is 55.7 Å². The van der Waals surface area contributed by atoms with Crippen molar-refractivity contribution >= 4 is 21.6 Å². The van der Waals surface area contributed by atoms with Gasteiger partial charge in [-0.25, -0.2) is 0 Å². The van der Waals surface area contributed by atoms with Gasteiger partial charge >= 0.3 is 0 Å². The Morgan fingerprint density at radius 2 is 1.70 bits per heavy atom. The van der Waals surface area contributed by atoms with Crippen molar-refractivity contribution in [2.24, 2.45) is 0 Å². The number of para-hydroxylation sites is 1. The number of hydrogen-bond acceptors (Lipinski definition) is 2. The van der Waals surface area contributed by atoms with Crippen molar-refractivity contribution in [3.05, 3.63) is 58.1 Å². The summed E-state index contributed by atoms with van der Waals surface area (Å²) in [7, 11) is 0. The maximum absolute atomic E-state index is 5.80. The number of nitrogens with one attached hydrogen (secondary N) is 1. The second kappa shape index (κ2) is 7.34. The van der Waals surface area contributed by atoms with Crippen LogP contribution in [-0.2, 0) is 0 Å². The van der Waals surface area contributed by atoms with Gasteiger partial charge in [-0.1, -0.05) is 34.1 Å². The van der Waals surface area contributed by atoms with Crippen LogP contribution in [0.15, 0.2) is 46.9 Å². The Labute approximate surface area is 129 Å². The molecule has 0 fully saturated rings. The fourth-order valence-corrected chi connectivity index (χ4v) is 2.27. The summed E-state index contributed by atoms with van der Waals surface area (Å²) in [5, 5.41) is 3.38. The van der Waals surface area contributed by atoms with Crippen LogP contribution in [0.25, 0.3) is 0 Å². The number of rotatable bonds is 6. The largest absolute Gasteiger partial charge is 0.494 e. The van der Waals surface area contributed by atoms with E-state index in [4.69, 9.17) is 4.74 Å². The molecule has 0 aliphatic carbocycles. The fraction of sp³-hybridized carbons (Fsp3) is 0.294. The lowest BCUT2D eigenvalue weighted by atomic mass is 10.1. The zero-order valence-electron chi connectivity index (χ0n) is 11.9. The van der Waals surface area contributed by atoms with Gasteiger partial charge in [-0.2, -0.15) is 0 Å². The monoisotopic (exact) mass is 333 g/mol. The standard InChI is InChI=1S/C17H20BrNO/c1-13-11-16(12-14(2)17(13)18)20-10-6-9-19-15-7-4-3-5-8-15/h3-5,7-8,11-12,19H,6,9-10H2,1-2H3. The van der Waals surface area contributed by atoms with E-state index in [1.165, 1.54) is 11.1 Å². The summed E-state index contributed by atoms with van der Waals surface area (Å²) >= 11 is 3.57. The zero-order valence-corrected chi connectivity index (χ0v) is 13.5. The molecule has 0 spiro atoms. The van der Waals surface area contributed by atoms with Crippen molar-refractivity contribution in [2.75, 3.05) is 18.5 Å². The molecule has 0 aliphatic heterocycles. The lowest BCUT2D eigenvalue weighted by Crippen LogP contribution is -2.07. The Morgan fingerprint density at radius 3 is 2.35 bits per heavy atom. The van der Waals surface area contributed by atoms with Crippen molar-refractivity contribution < 1.29 is 4.74 Å². The molecule has 20 heavy (non-hydrogen) atoms. The predicted octanol–water partition coefficient (Wildman–Crippen LogP) is 4.95. The highest BCUT2D eigenvalue weighted by atomic mass is 79.9. The average Bonchev–Trinajstić information content (AvgIpc) is 2.45. The van der Waals surface area contributed by atoms with Crippen molar-refractivity contribution in [3.63, 3.8) is 0 Å². The third-order valence-corrected chi connectivity index (χ3v) is 4.35. The smallest absolute Gasteiger partial charge is 0.119 e. The lowest BCUT2D eigenvalue weighted by Gasteiger charge is -2.11. The summed E-state index contributed by atoms with van der Waals surface area (Å²) in [6.45, 7) is 5.81. The van der Waals surface area contributed by atoms with E-state index in [0.717, 1.165) is 35.5 Å². The van der Waals surface area contributed by atoms with Crippen LogP contribution >= 0.6 is 15.9 Å². The number of benzene rings is 2. The maximum Gasteiger partial charge on any atom is 0.119 e. The molecule has 2 rings (SSSR count). The van der Waals surface area contributed by atoms with Gasteiger partial charge in [0.1, 0.15) is 5.75 Å². The highest BCUT2D eigenvalue weighted by Crippen LogP contribution is 2.26. The molecule has 0 aliphatic rings. The SMILES string of the molecule is Cc1cc(OCCCNc2ccccc2)cc(C)c1Br. The fourth-order valence-electron chi connectivity index (χ4n) is 2.04. The van der Waals surface area contributed by atoms with E-state index in [9.17, 15) is 0 Å². The Bertz CT molecular complexity index is 531. The van der Waals surface area contributed by atoms with E-state index in [2.05, 4.69) is 59.4 Å². The number of halogens is 1. The van der Waals surface area contributed by atoms with Crippen LogP contribution in [-0.4, -0.2) is 13.2 Å². The normalized spacial score (nSPS) is 10.3. The van der Waals surface area contributed by atoms with Crippen LogP contribution in [0.4, 0.5) is 5.69 Å². The quantitative estimate of drug-likeness (QED) is 0.755. The predicted molar refractivity (Wildman–Crippen MR) is 88.7 cm³/mol. The van der Waals surface area contributed by atoms with Gasteiger partial charge in [0, 0.05) is 16.7 Å². The van der Waals surface area contributed by atoms with E-state index >= 15 is 0 Å².